The molecule has 0 atom stereocenters. The van der Waals surface area contributed by atoms with Gasteiger partial charge in [0.05, 0.1) is 6.42 Å². The number of benzene rings is 2. The highest BCUT2D eigenvalue weighted by Gasteiger charge is 2.07. The molecule has 0 amide bonds. The highest BCUT2D eigenvalue weighted by molar-refractivity contribution is 6.30. The Balaban J connectivity index is 1.59. The van der Waals surface area contributed by atoms with E-state index < -0.39 is 0 Å². The van der Waals surface area contributed by atoms with Crippen LogP contribution in [0, 0.1) is 0 Å². The van der Waals surface area contributed by atoms with Crippen LogP contribution < -0.4 is 4.74 Å². The fourth-order valence-corrected chi connectivity index (χ4v) is 2.00. The molecule has 0 fully saturated rings. The van der Waals surface area contributed by atoms with Gasteiger partial charge in [-0.15, -0.1) is 0 Å². The Labute approximate surface area is 127 Å². The van der Waals surface area contributed by atoms with Crippen molar-refractivity contribution < 1.29 is 9.26 Å². The van der Waals surface area contributed by atoms with E-state index in [2.05, 4.69) is 10.1 Å². The molecule has 21 heavy (non-hydrogen) atoms. The smallest absolute Gasteiger partial charge is 0.231 e. The maximum absolute atomic E-state index is 5.81. The summed E-state index contributed by atoms with van der Waals surface area (Å²) in [5.74, 6) is 1.82. The minimum absolute atomic E-state index is 0.264. The van der Waals surface area contributed by atoms with Gasteiger partial charge in [0, 0.05) is 5.02 Å². The van der Waals surface area contributed by atoms with Crippen LogP contribution in [0.3, 0.4) is 0 Å². The molecule has 3 aromatic rings. The van der Waals surface area contributed by atoms with Gasteiger partial charge in [0.15, 0.2) is 6.61 Å². The lowest BCUT2D eigenvalue weighted by atomic mass is 10.1. The van der Waals surface area contributed by atoms with Crippen LogP contribution in [0.1, 0.15) is 17.3 Å². The quantitative estimate of drug-likeness (QED) is 0.717. The van der Waals surface area contributed by atoms with Crippen LogP contribution in [0.2, 0.25) is 5.02 Å². The molecule has 0 radical (unpaired) electrons. The molecule has 2 aromatic carbocycles. The molecule has 0 aliphatic heterocycles. The molecule has 106 valence electrons. The third-order valence-corrected chi connectivity index (χ3v) is 3.14. The van der Waals surface area contributed by atoms with Crippen molar-refractivity contribution in [3.05, 3.63) is 76.9 Å². The van der Waals surface area contributed by atoms with E-state index in [9.17, 15) is 0 Å². The predicted octanol–water partition coefficient (Wildman–Crippen LogP) is 3.89. The average molecular weight is 301 g/mol. The lowest BCUT2D eigenvalue weighted by Gasteiger charge is -2.02. The van der Waals surface area contributed by atoms with Crippen LogP contribution in [-0.2, 0) is 13.0 Å². The number of nitrogens with zero attached hydrogens (tertiary/aromatic N) is 2. The molecule has 5 heteroatoms. The Morgan fingerprint density at radius 2 is 1.76 bits per heavy atom. The summed E-state index contributed by atoms with van der Waals surface area (Å²) < 4.78 is 10.8. The fraction of sp³-hybridized carbons (Fsp3) is 0.125. The van der Waals surface area contributed by atoms with Crippen LogP contribution in [-0.4, -0.2) is 10.1 Å². The summed E-state index contributed by atoms with van der Waals surface area (Å²) in [6.07, 6.45) is 0.620. The summed E-state index contributed by atoms with van der Waals surface area (Å²) in [7, 11) is 0. The second-order valence-corrected chi connectivity index (χ2v) is 4.95. The van der Waals surface area contributed by atoms with E-state index in [1.165, 1.54) is 0 Å². The third kappa shape index (κ3) is 3.83. The molecule has 0 bridgehead atoms. The van der Waals surface area contributed by atoms with Crippen molar-refractivity contribution in [3.8, 4) is 5.75 Å². The van der Waals surface area contributed by atoms with Gasteiger partial charge >= 0.3 is 0 Å². The SMILES string of the molecule is Clc1ccc(OCc2noc(Cc3ccccc3)n2)cc1. The Bertz CT molecular complexity index is 696. The molecule has 3 rings (SSSR count). The summed E-state index contributed by atoms with van der Waals surface area (Å²) in [5.41, 5.74) is 1.13. The minimum Gasteiger partial charge on any atom is -0.485 e. The molecule has 1 heterocycles. The van der Waals surface area contributed by atoms with Gasteiger partial charge in [0.25, 0.3) is 0 Å². The summed E-state index contributed by atoms with van der Waals surface area (Å²) in [4.78, 5) is 4.31. The maximum Gasteiger partial charge on any atom is 0.231 e. The number of hydrogen-bond donors (Lipinski definition) is 0. The van der Waals surface area contributed by atoms with Crippen molar-refractivity contribution in [1.82, 2.24) is 10.1 Å². The van der Waals surface area contributed by atoms with Crippen LogP contribution in [0.15, 0.2) is 59.1 Å². The lowest BCUT2D eigenvalue weighted by Crippen LogP contribution is -1.97. The number of ether oxygens (including phenoxy) is 1. The molecular formula is C16H13ClN2O2. The van der Waals surface area contributed by atoms with Crippen molar-refractivity contribution >= 4 is 11.6 Å². The first-order chi connectivity index (χ1) is 10.3. The van der Waals surface area contributed by atoms with E-state index >= 15 is 0 Å². The van der Waals surface area contributed by atoms with Crippen LogP contribution in [0.25, 0.3) is 0 Å². The van der Waals surface area contributed by atoms with E-state index in [4.69, 9.17) is 20.9 Å². The Morgan fingerprint density at radius 1 is 1.00 bits per heavy atom. The molecule has 0 aliphatic carbocycles. The maximum atomic E-state index is 5.81. The van der Waals surface area contributed by atoms with Crippen molar-refractivity contribution in [2.45, 2.75) is 13.0 Å². The number of halogens is 1. The molecule has 1 aromatic heterocycles. The zero-order valence-corrected chi connectivity index (χ0v) is 12.0. The second-order valence-electron chi connectivity index (χ2n) is 4.51. The first-order valence-corrected chi connectivity index (χ1v) is 6.91. The van der Waals surface area contributed by atoms with Crippen LogP contribution in [0.4, 0.5) is 0 Å². The highest BCUT2D eigenvalue weighted by Crippen LogP contribution is 2.16. The summed E-state index contributed by atoms with van der Waals surface area (Å²) in [6, 6.07) is 17.1. The van der Waals surface area contributed by atoms with Gasteiger partial charge in [-0.05, 0) is 29.8 Å². The monoisotopic (exact) mass is 300 g/mol. The molecule has 0 aliphatic rings. The first-order valence-electron chi connectivity index (χ1n) is 6.53. The van der Waals surface area contributed by atoms with Crippen molar-refractivity contribution in [1.29, 1.82) is 0 Å². The molecule has 0 saturated heterocycles. The van der Waals surface area contributed by atoms with Gasteiger partial charge in [-0.2, -0.15) is 4.98 Å². The van der Waals surface area contributed by atoms with Gasteiger partial charge in [0.2, 0.25) is 11.7 Å². The van der Waals surface area contributed by atoms with Crippen LogP contribution in [0.5, 0.6) is 5.75 Å². The zero-order chi connectivity index (χ0) is 14.5. The van der Waals surface area contributed by atoms with Gasteiger partial charge in [-0.1, -0.05) is 47.1 Å². The van der Waals surface area contributed by atoms with E-state index in [1.807, 2.05) is 30.3 Å². The van der Waals surface area contributed by atoms with Gasteiger partial charge in [-0.25, -0.2) is 0 Å². The Kier molecular flexibility index (Phi) is 4.17. The molecule has 0 unspecified atom stereocenters. The second kappa shape index (κ2) is 6.41. The number of hydrogen-bond acceptors (Lipinski definition) is 4. The molecule has 4 nitrogen and oxygen atoms in total. The van der Waals surface area contributed by atoms with E-state index in [0.717, 1.165) is 5.56 Å². The fourth-order valence-electron chi connectivity index (χ4n) is 1.87. The zero-order valence-electron chi connectivity index (χ0n) is 11.2. The average Bonchev–Trinajstić information content (AvgIpc) is 2.95. The van der Waals surface area contributed by atoms with Gasteiger partial charge in [-0.3, -0.25) is 0 Å². The third-order valence-electron chi connectivity index (χ3n) is 2.89. The summed E-state index contributed by atoms with van der Waals surface area (Å²) in [5, 5.41) is 4.58. The summed E-state index contributed by atoms with van der Waals surface area (Å²) >= 11 is 5.81. The van der Waals surface area contributed by atoms with Crippen molar-refractivity contribution in [2.24, 2.45) is 0 Å². The largest absolute Gasteiger partial charge is 0.485 e. The van der Waals surface area contributed by atoms with Crippen molar-refractivity contribution in [2.75, 3.05) is 0 Å². The van der Waals surface area contributed by atoms with Gasteiger partial charge in [0.1, 0.15) is 5.75 Å². The molecular weight excluding hydrogens is 288 g/mol. The molecule has 0 saturated carbocycles. The van der Waals surface area contributed by atoms with E-state index in [0.29, 0.717) is 28.9 Å². The number of aromatic nitrogens is 2. The standard InChI is InChI=1S/C16H13ClN2O2/c17-13-6-8-14(9-7-13)20-11-15-18-16(21-19-15)10-12-4-2-1-3-5-12/h1-9H,10-11H2. The van der Waals surface area contributed by atoms with E-state index in [1.54, 1.807) is 24.3 Å². The Hall–Kier alpha value is -2.33. The van der Waals surface area contributed by atoms with Crippen molar-refractivity contribution in [3.63, 3.8) is 0 Å². The minimum atomic E-state index is 0.264. The molecule has 0 N–H and O–H groups in total. The number of rotatable bonds is 5. The molecule has 0 spiro atoms. The Morgan fingerprint density at radius 3 is 2.52 bits per heavy atom. The lowest BCUT2D eigenvalue weighted by molar-refractivity contribution is 0.285. The first kappa shape index (κ1) is 13.6. The normalized spacial score (nSPS) is 10.5. The van der Waals surface area contributed by atoms with Crippen LogP contribution >= 0.6 is 11.6 Å². The van der Waals surface area contributed by atoms with Gasteiger partial charge < -0.3 is 9.26 Å². The topological polar surface area (TPSA) is 48.2 Å². The van der Waals surface area contributed by atoms with E-state index in [-0.39, 0.29) is 6.61 Å². The predicted molar refractivity (Wildman–Crippen MR) is 79.3 cm³/mol. The highest BCUT2D eigenvalue weighted by atomic mass is 35.5. The summed E-state index contributed by atoms with van der Waals surface area (Å²) in [6.45, 7) is 0.264.